The molecule has 1 aliphatic rings. The molecule has 1 saturated heterocycles. The van der Waals surface area contributed by atoms with Crippen LogP contribution in [0.3, 0.4) is 0 Å². The van der Waals surface area contributed by atoms with E-state index in [9.17, 15) is 4.79 Å². The highest BCUT2D eigenvalue weighted by molar-refractivity contribution is 5.95. The summed E-state index contributed by atoms with van der Waals surface area (Å²) < 4.78 is 5.41. The normalized spacial score (nSPS) is 24.6. The number of ether oxygens (including phenoxy) is 1. The molecule has 0 aromatic carbocycles. The lowest BCUT2D eigenvalue weighted by Crippen LogP contribution is -2.48. The van der Waals surface area contributed by atoms with Crippen LogP contribution in [0.4, 0.5) is 0 Å². The van der Waals surface area contributed by atoms with Crippen LogP contribution in [0.2, 0.25) is 0 Å². The summed E-state index contributed by atoms with van der Waals surface area (Å²) in [7, 11) is 0. The van der Waals surface area contributed by atoms with E-state index in [1.807, 2.05) is 6.92 Å². The van der Waals surface area contributed by atoms with Crippen LogP contribution < -0.4 is 5.32 Å². The van der Waals surface area contributed by atoms with Crippen LogP contribution in [0.5, 0.6) is 0 Å². The van der Waals surface area contributed by atoms with Gasteiger partial charge in [0.05, 0.1) is 18.9 Å². The summed E-state index contributed by atoms with van der Waals surface area (Å²) >= 11 is 0. The summed E-state index contributed by atoms with van der Waals surface area (Å²) in [4.78, 5) is 20.2. The Balaban J connectivity index is 1.99. The molecule has 0 radical (unpaired) electrons. The van der Waals surface area contributed by atoms with E-state index in [1.54, 1.807) is 19.3 Å². The summed E-state index contributed by atoms with van der Waals surface area (Å²) in [5, 5.41) is 3.34. The lowest BCUT2D eigenvalue weighted by Gasteiger charge is -2.28. The smallest absolute Gasteiger partial charge is 0.184 e. The molecule has 2 heterocycles. The molecule has 5 nitrogen and oxygen atoms in total. The van der Waals surface area contributed by atoms with Crippen LogP contribution in [0.1, 0.15) is 29.5 Å². The summed E-state index contributed by atoms with van der Waals surface area (Å²) in [5.74, 6) is 0.0193. The third-order valence-electron chi connectivity index (χ3n) is 2.78. The van der Waals surface area contributed by atoms with E-state index in [0.717, 1.165) is 0 Å². The number of Topliss-reactive ketones (excluding diaryl/α,β-unsaturated/α-hetero) is 1. The molecule has 5 heteroatoms. The van der Waals surface area contributed by atoms with Crippen molar-refractivity contribution in [3.63, 3.8) is 0 Å². The fourth-order valence-electron chi connectivity index (χ4n) is 2.01. The third kappa shape index (κ3) is 3.08. The number of aryl methyl sites for hydroxylation is 1. The van der Waals surface area contributed by atoms with Gasteiger partial charge < -0.3 is 10.1 Å². The molecular formula is C12H17N3O2. The van der Waals surface area contributed by atoms with Crippen LogP contribution in [0.25, 0.3) is 0 Å². The Morgan fingerprint density at radius 1 is 1.47 bits per heavy atom. The van der Waals surface area contributed by atoms with Gasteiger partial charge in [0.15, 0.2) is 5.78 Å². The summed E-state index contributed by atoms with van der Waals surface area (Å²) in [6.45, 7) is 5.13. The number of carbonyl (C=O) groups excluding carboxylic acids is 1. The highest BCUT2D eigenvalue weighted by Gasteiger charge is 2.22. The zero-order valence-corrected chi connectivity index (χ0v) is 10.1. The molecule has 1 aromatic heterocycles. The Morgan fingerprint density at radius 3 is 2.94 bits per heavy atom. The maximum Gasteiger partial charge on any atom is 0.184 e. The van der Waals surface area contributed by atoms with E-state index < -0.39 is 0 Å². The zero-order chi connectivity index (χ0) is 12.3. The molecule has 1 aromatic rings. The van der Waals surface area contributed by atoms with Crippen molar-refractivity contribution in [2.75, 3.05) is 13.2 Å². The van der Waals surface area contributed by atoms with E-state index in [0.29, 0.717) is 37.1 Å². The molecule has 0 bridgehead atoms. The van der Waals surface area contributed by atoms with Crippen LogP contribution >= 0.6 is 0 Å². The Labute approximate surface area is 101 Å². The standard InChI is InChI=1S/C12H17N3O2/c1-8-6-17-7-10(15-8)5-11(16)12-9(2)13-3-4-14-12/h3-4,8,10,15H,5-7H2,1-2H3. The topological polar surface area (TPSA) is 64.1 Å². The highest BCUT2D eigenvalue weighted by Crippen LogP contribution is 2.09. The molecule has 1 aliphatic heterocycles. The average molecular weight is 235 g/mol. The molecule has 1 N–H and O–H groups in total. The van der Waals surface area contributed by atoms with Gasteiger partial charge in [-0.3, -0.25) is 9.78 Å². The number of carbonyl (C=O) groups is 1. The number of ketones is 1. The fraction of sp³-hybridized carbons (Fsp3) is 0.583. The van der Waals surface area contributed by atoms with E-state index >= 15 is 0 Å². The van der Waals surface area contributed by atoms with Crippen molar-refractivity contribution in [1.82, 2.24) is 15.3 Å². The first kappa shape index (κ1) is 12.1. The molecule has 17 heavy (non-hydrogen) atoms. The van der Waals surface area contributed by atoms with Gasteiger partial charge in [0.25, 0.3) is 0 Å². The number of aromatic nitrogens is 2. The van der Waals surface area contributed by atoms with Gasteiger partial charge in [0.2, 0.25) is 0 Å². The maximum absolute atomic E-state index is 12.0. The number of nitrogens with zero attached hydrogens (tertiary/aromatic N) is 2. The first-order valence-electron chi connectivity index (χ1n) is 5.81. The molecule has 2 atom stereocenters. The summed E-state index contributed by atoms with van der Waals surface area (Å²) in [6, 6.07) is 0.372. The van der Waals surface area contributed by atoms with Crippen molar-refractivity contribution in [2.24, 2.45) is 0 Å². The van der Waals surface area contributed by atoms with Crippen LogP contribution in [0, 0.1) is 6.92 Å². The third-order valence-corrected chi connectivity index (χ3v) is 2.78. The Bertz CT molecular complexity index is 408. The van der Waals surface area contributed by atoms with Gasteiger partial charge in [-0.2, -0.15) is 0 Å². The summed E-state index contributed by atoms with van der Waals surface area (Å²) in [6.07, 6.45) is 3.55. The Morgan fingerprint density at radius 2 is 2.24 bits per heavy atom. The number of hydrogen-bond acceptors (Lipinski definition) is 5. The molecule has 0 spiro atoms. The van der Waals surface area contributed by atoms with Crippen LogP contribution in [-0.4, -0.2) is 41.0 Å². The average Bonchev–Trinajstić information content (AvgIpc) is 2.29. The van der Waals surface area contributed by atoms with Crippen molar-refractivity contribution >= 4 is 5.78 Å². The molecular weight excluding hydrogens is 218 g/mol. The van der Waals surface area contributed by atoms with Gasteiger partial charge in [-0.1, -0.05) is 0 Å². The minimum Gasteiger partial charge on any atom is -0.378 e. The monoisotopic (exact) mass is 235 g/mol. The number of rotatable bonds is 3. The zero-order valence-electron chi connectivity index (χ0n) is 10.1. The molecule has 0 saturated carbocycles. The highest BCUT2D eigenvalue weighted by atomic mass is 16.5. The second-order valence-electron chi connectivity index (χ2n) is 4.42. The molecule has 2 rings (SSSR count). The fourth-order valence-corrected chi connectivity index (χ4v) is 2.01. The minimum absolute atomic E-state index is 0.0193. The first-order valence-corrected chi connectivity index (χ1v) is 5.81. The predicted molar refractivity (Wildman–Crippen MR) is 62.9 cm³/mol. The molecule has 92 valence electrons. The second-order valence-corrected chi connectivity index (χ2v) is 4.42. The van der Waals surface area contributed by atoms with E-state index in [1.165, 1.54) is 0 Å². The van der Waals surface area contributed by atoms with E-state index in [4.69, 9.17) is 4.74 Å². The van der Waals surface area contributed by atoms with Crippen molar-refractivity contribution in [2.45, 2.75) is 32.4 Å². The lowest BCUT2D eigenvalue weighted by atomic mass is 10.1. The van der Waals surface area contributed by atoms with Gasteiger partial charge in [-0.05, 0) is 13.8 Å². The largest absolute Gasteiger partial charge is 0.378 e. The second kappa shape index (κ2) is 5.33. The molecule has 1 fully saturated rings. The van der Waals surface area contributed by atoms with Crippen LogP contribution in [0.15, 0.2) is 12.4 Å². The van der Waals surface area contributed by atoms with Gasteiger partial charge in [-0.15, -0.1) is 0 Å². The quantitative estimate of drug-likeness (QED) is 0.783. The lowest BCUT2D eigenvalue weighted by molar-refractivity contribution is 0.0462. The van der Waals surface area contributed by atoms with Crippen LogP contribution in [-0.2, 0) is 4.74 Å². The summed E-state index contributed by atoms with van der Waals surface area (Å²) in [5.41, 5.74) is 1.15. The Hall–Kier alpha value is -1.33. The van der Waals surface area contributed by atoms with E-state index in [2.05, 4.69) is 15.3 Å². The Kier molecular flexibility index (Phi) is 3.81. The van der Waals surface area contributed by atoms with E-state index in [-0.39, 0.29) is 11.8 Å². The maximum atomic E-state index is 12.0. The number of hydrogen-bond donors (Lipinski definition) is 1. The van der Waals surface area contributed by atoms with Crippen molar-refractivity contribution < 1.29 is 9.53 Å². The molecule has 0 amide bonds. The van der Waals surface area contributed by atoms with Gasteiger partial charge in [-0.25, -0.2) is 4.98 Å². The van der Waals surface area contributed by atoms with Gasteiger partial charge >= 0.3 is 0 Å². The molecule has 0 aliphatic carbocycles. The first-order chi connectivity index (χ1) is 8.16. The number of nitrogens with one attached hydrogen (secondary N) is 1. The van der Waals surface area contributed by atoms with Gasteiger partial charge in [0, 0.05) is 30.9 Å². The molecule has 2 unspecified atom stereocenters. The van der Waals surface area contributed by atoms with Gasteiger partial charge in [0.1, 0.15) is 5.69 Å². The van der Waals surface area contributed by atoms with Crippen molar-refractivity contribution in [1.29, 1.82) is 0 Å². The van der Waals surface area contributed by atoms with Crippen molar-refractivity contribution in [3.05, 3.63) is 23.8 Å². The van der Waals surface area contributed by atoms with Crippen molar-refractivity contribution in [3.8, 4) is 0 Å². The minimum atomic E-state index is 0.0193. The number of morpholine rings is 1. The SMILES string of the molecule is Cc1nccnc1C(=O)CC1COCC(C)N1. The predicted octanol–water partition coefficient (Wildman–Crippen LogP) is 0.735.